The van der Waals surface area contributed by atoms with Crippen molar-refractivity contribution in [2.75, 3.05) is 13.2 Å². The summed E-state index contributed by atoms with van der Waals surface area (Å²) in [5.41, 5.74) is 0.920. The molecule has 0 saturated carbocycles. The van der Waals surface area contributed by atoms with Crippen LogP contribution in [0.5, 0.6) is 0 Å². The molecule has 0 bridgehead atoms. The topological polar surface area (TPSA) is 121 Å². The number of aliphatic hydroxyl groups excluding tert-OH is 1. The molecule has 0 unspecified atom stereocenters. The van der Waals surface area contributed by atoms with Crippen LogP contribution in [0.25, 0.3) is 17.4 Å². The molecule has 1 aromatic heterocycles. The van der Waals surface area contributed by atoms with E-state index in [1.54, 1.807) is 44.2 Å². The lowest BCUT2D eigenvalue weighted by Gasteiger charge is -2.26. The molecule has 2 heterocycles. The van der Waals surface area contributed by atoms with Crippen molar-refractivity contribution >= 4 is 35.5 Å². The maximum Gasteiger partial charge on any atom is 0.339 e. The third kappa shape index (κ3) is 4.90. The van der Waals surface area contributed by atoms with Crippen LogP contribution in [0.2, 0.25) is 5.02 Å². The molecule has 0 atom stereocenters. The Morgan fingerprint density at radius 2 is 2.00 bits per heavy atom. The fourth-order valence-corrected chi connectivity index (χ4v) is 3.47. The number of benzene rings is 1. The van der Waals surface area contributed by atoms with E-state index in [2.05, 4.69) is 0 Å². The Hall–Kier alpha value is -3.67. The van der Waals surface area contributed by atoms with Gasteiger partial charge in [-0.25, -0.2) is 4.79 Å². The first-order valence-electron chi connectivity index (χ1n) is 10.1. The number of esters is 1. The number of aliphatic hydroxyl groups is 1. The third-order valence-corrected chi connectivity index (χ3v) is 5.21. The van der Waals surface area contributed by atoms with E-state index in [1.165, 1.54) is 13.0 Å². The summed E-state index contributed by atoms with van der Waals surface area (Å²) < 4.78 is 11.0. The lowest BCUT2D eigenvalue weighted by Crippen LogP contribution is -2.44. The highest BCUT2D eigenvalue weighted by Crippen LogP contribution is 2.31. The number of imide groups is 1. The number of rotatable bonds is 6. The molecular formula is C24H21ClN2O6. The minimum absolute atomic E-state index is 0.109. The van der Waals surface area contributed by atoms with Crippen molar-refractivity contribution in [3.8, 4) is 17.4 Å². The van der Waals surface area contributed by atoms with Gasteiger partial charge in [-0.05, 0) is 62.8 Å². The summed E-state index contributed by atoms with van der Waals surface area (Å²) >= 11 is 6.15. The van der Waals surface area contributed by atoms with Gasteiger partial charge >= 0.3 is 5.97 Å². The van der Waals surface area contributed by atoms with Gasteiger partial charge in [0.15, 0.2) is 0 Å². The molecule has 170 valence electrons. The van der Waals surface area contributed by atoms with Gasteiger partial charge in [0, 0.05) is 11.1 Å². The number of ether oxygens (including phenoxy) is 1. The van der Waals surface area contributed by atoms with Crippen LogP contribution in [0.15, 0.2) is 51.5 Å². The number of carbonyl (C=O) groups excluding carboxylic acids is 3. The molecule has 3 rings (SSSR count). The molecule has 1 aromatic carbocycles. The predicted octanol–water partition coefficient (Wildman–Crippen LogP) is 3.75. The van der Waals surface area contributed by atoms with E-state index < -0.39 is 24.4 Å². The SMILES string of the molecule is CC1=C(C#N)C(=O)N(CCO)C(=O)/C1=C/c1ccc(-c2ccc(Cl)c(C(=O)OC(C)C)c2)o1. The van der Waals surface area contributed by atoms with E-state index in [0.29, 0.717) is 17.1 Å². The molecule has 8 nitrogen and oxygen atoms in total. The fourth-order valence-electron chi connectivity index (χ4n) is 3.27. The molecule has 0 saturated heterocycles. The van der Waals surface area contributed by atoms with Crippen molar-refractivity contribution in [1.82, 2.24) is 4.90 Å². The third-order valence-electron chi connectivity index (χ3n) is 4.88. The number of β-amino-alcohol motifs (C(OH)–C–C–N with tert-alkyl or cyclic N) is 1. The van der Waals surface area contributed by atoms with Crippen LogP contribution in [0.1, 0.15) is 36.9 Å². The van der Waals surface area contributed by atoms with Crippen LogP contribution < -0.4 is 0 Å². The first kappa shape index (κ1) is 24.0. The second-order valence-electron chi connectivity index (χ2n) is 7.51. The highest BCUT2D eigenvalue weighted by Gasteiger charge is 2.35. The zero-order chi connectivity index (χ0) is 24.3. The number of hydrogen-bond donors (Lipinski definition) is 1. The Kier molecular flexibility index (Phi) is 7.16. The summed E-state index contributed by atoms with van der Waals surface area (Å²) in [6.07, 6.45) is 1.12. The van der Waals surface area contributed by atoms with Gasteiger partial charge < -0.3 is 14.3 Å². The fraction of sp³-hybridized carbons (Fsp3) is 0.250. The smallest absolute Gasteiger partial charge is 0.339 e. The molecule has 2 aromatic rings. The summed E-state index contributed by atoms with van der Waals surface area (Å²) in [7, 11) is 0. The normalized spacial score (nSPS) is 15.4. The molecule has 0 radical (unpaired) electrons. The Balaban J connectivity index is 1.99. The van der Waals surface area contributed by atoms with Crippen LogP contribution in [0, 0.1) is 11.3 Å². The summed E-state index contributed by atoms with van der Waals surface area (Å²) in [4.78, 5) is 38.3. The van der Waals surface area contributed by atoms with Crippen LogP contribution in [-0.4, -0.2) is 47.0 Å². The van der Waals surface area contributed by atoms with E-state index in [4.69, 9.17) is 20.8 Å². The second-order valence-corrected chi connectivity index (χ2v) is 7.91. The molecule has 1 aliphatic rings. The molecule has 0 aliphatic carbocycles. The standard InChI is InChI=1S/C24H21ClN2O6/c1-13(2)32-24(31)18-10-15(4-6-20(18)25)21-7-5-16(33-21)11-17-14(3)19(12-26)23(30)27(8-9-28)22(17)29/h4-7,10-11,13,28H,8-9H2,1-3H3/b17-11+. The molecule has 1 N–H and O–H groups in total. The van der Waals surface area contributed by atoms with Gasteiger partial charge in [0.2, 0.25) is 0 Å². The van der Waals surface area contributed by atoms with Crippen molar-refractivity contribution in [2.24, 2.45) is 0 Å². The molecular weight excluding hydrogens is 448 g/mol. The number of furan rings is 1. The van der Waals surface area contributed by atoms with E-state index in [1.807, 2.05) is 6.07 Å². The van der Waals surface area contributed by atoms with E-state index >= 15 is 0 Å². The van der Waals surface area contributed by atoms with Crippen molar-refractivity contribution in [3.05, 3.63) is 63.4 Å². The van der Waals surface area contributed by atoms with Crippen LogP contribution >= 0.6 is 11.6 Å². The highest BCUT2D eigenvalue weighted by atomic mass is 35.5. The molecule has 2 amide bonds. The van der Waals surface area contributed by atoms with E-state index in [0.717, 1.165) is 4.90 Å². The number of nitriles is 1. The molecule has 33 heavy (non-hydrogen) atoms. The minimum atomic E-state index is -0.742. The maximum atomic E-state index is 12.8. The second kappa shape index (κ2) is 9.86. The van der Waals surface area contributed by atoms with Gasteiger partial charge in [0.25, 0.3) is 11.8 Å². The van der Waals surface area contributed by atoms with Crippen molar-refractivity contribution in [2.45, 2.75) is 26.9 Å². The zero-order valence-electron chi connectivity index (χ0n) is 18.2. The zero-order valence-corrected chi connectivity index (χ0v) is 19.0. The lowest BCUT2D eigenvalue weighted by atomic mass is 9.95. The Morgan fingerprint density at radius 1 is 1.27 bits per heavy atom. The van der Waals surface area contributed by atoms with Gasteiger partial charge in [0.05, 0.1) is 29.8 Å². The van der Waals surface area contributed by atoms with Crippen LogP contribution in [0.4, 0.5) is 0 Å². The van der Waals surface area contributed by atoms with Gasteiger partial charge in [-0.1, -0.05) is 11.6 Å². The summed E-state index contributed by atoms with van der Waals surface area (Å²) in [6, 6.07) is 9.88. The molecule has 1 aliphatic heterocycles. The van der Waals surface area contributed by atoms with Crippen LogP contribution in [0.3, 0.4) is 0 Å². The van der Waals surface area contributed by atoms with E-state index in [-0.39, 0.29) is 40.0 Å². The molecule has 0 spiro atoms. The highest BCUT2D eigenvalue weighted by molar-refractivity contribution is 6.33. The van der Waals surface area contributed by atoms with Gasteiger partial charge in [-0.15, -0.1) is 0 Å². The number of nitrogens with zero attached hydrogens (tertiary/aromatic N) is 2. The monoisotopic (exact) mass is 468 g/mol. The average Bonchev–Trinajstić information content (AvgIpc) is 3.23. The van der Waals surface area contributed by atoms with Crippen LogP contribution in [-0.2, 0) is 14.3 Å². The molecule has 9 heteroatoms. The number of hydrogen-bond acceptors (Lipinski definition) is 7. The quantitative estimate of drug-likeness (QED) is 0.389. The van der Waals surface area contributed by atoms with Crippen molar-refractivity contribution < 1.29 is 28.6 Å². The summed E-state index contributed by atoms with van der Waals surface area (Å²) in [5, 5.41) is 18.8. The minimum Gasteiger partial charge on any atom is -0.459 e. The molecule has 0 fully saturated rings. The summed E-state index contributed by atoms with van der Waals surface area (Å²) in [6.45, 7) is 4.32. The first-order valence-corrected chi connectivity index (χ1v) is 10.5. The van der Waals surface area contributed by atoms with E-state index in [9.17, 15) is 24.8 Å². The van der Waals surface area contributed by atoms with Gasteiger partial charge in [0.1, 0.15) is 23.2 Å². The Bertz CT molecular complexity index is 1230. The van der Waals surface area contributed by atoms with Crippen molar-refractivity contribution in [1.29, 1.82) is 5.26 Å². The number of carbonyl (C=O) groups is 3. The average molecular weight is 469 g/mol. The number of halogens is 1. The first-order chi connectivity index (χ1) is 15.7. The maximum absolute atomic E-state index is 12.8. The van der Waals surface area contributed by atoms with Gasteiger partial charge in [-0.2, -0.15) is 5.26 Å². The Morgan fingerprint density at radius 3 is 2.64 bits per heavy atom. The Labute approximate surface area is 195 Å². The lowest BCUT2D eigenvalue weighted by molar-refractivity contribution is -0.141. The predicted molar refractivity (Wildman–Crippen MR) is 120 cm³/mol. The van der Waals surface area contributed by atoms with Crippen molar-refractivity contribution in [3.63, 3.8) is 0 Å². The number of amides is 2. The largest absolute Gasteiger partial charge is 0.459 e. The summed E-state index contributed by atoms with van der Waals surface area (Å²) in [5.74, 6) is -1.23. The van der Waals surface area contributed by atoms with Gasteiger partial charge in [-0.3, -0.25) is 14.5 Å².